The summed E-state index contributed by atoms with van der Waals surface area (Å²) < 4.78 is 2.61. The van der Waals surface area contributed by atoms with Crippen LogP contribution in [0.2, 0.25) is 0 Å². The van der Waals surface area contributed by atoms with E-state index in [1.54, 1.807) is 40.4 Å². The Hall–Kier alpha value is -3.06. The second-order valence-electron chi connectivity index (χ2n) is 6.01. The molecule has 5 aromatic rings. The normalized spacial score (nSPS) is 11.8. The molecule has 0 saturated carbocycles. The van der Waals surface area contributed by atoms with Crippen molar-refractivity contribution < 1.29 is 5.11 Å². The SMILES string of the molecule is Cc1cc(C)c2c(n1)sc1c2ncn2nc(-c3ccccc3O)nc12. The molecule has 0 aliphatic rings. The smallest absolute Gasteiger partial charge is 0.185 e. The number of phenolic OH excluding ortho intramolecular Hbond substituents is 1. The molecule has 1 aromatic carbocycles. The number of thiophene rings is 1. The molecule has 0 bridgehead atoms. The van der Waals surface area contributed by atoms with Crippen LogP contribution in [0, 0.1) is 13.8 Å². The van der Waals surface area contributed by atoms with E-state index in [9.17, 15) is 5.11 Å². The molecule has 0 amide bonds. The topological polar surface area (TPSA) is 76.2 Å². The number of pyridine rings is 1. The third-order valence-corrected chi connectivity index (χ3v) is 5.31. The number of fused-ring (bicyclic) bond motifs is 5. The Morgan fingerprint density at radius 1 is 1.12 bits per heavy atom. The molecule has 0 spiro atoms. The van der Waals surface area contributed by atoms with Crippen LogP contribution in [-0.2, 0) is 0 Å². The van der Waals surface area contributed by atoms with Gasteiger partial charge in [-0.3, -0.25) is 0 Å². The van der Waals surface area contributed by atoms with Crippen LogP contribution in [0.4, 0.5) is 0 Å². The maximum absolute atomic E-state index is 10.1. The Morgan fingerprint density at radius 3 is 2.80 bits per heavy atom. The fourth-order valence-electron chi connectivity index (χ4n) is 3.15. The van der Waals surface area contributed by atoms with Gasteiger partial charge in [-0.2, -0.15) is 0 Å². The summed E-state index contributed by atoms with van der Waals surface area (Å²) in [5.41, 5.74) is 4.37. The molecule has 5 rings (SSSR count). The molecule has 7 heteroatoms. The Bertz CT molecular complexity index is 1290. The molecule has 4 heterocycles. The van der Waals surface area contributed by atoms with E-state index in [4.69, 9.17) is 0 Å². The van der Waals surface area contributed by atoms with Crippen molar-refractivity contribution in [1.82, 2.24) is 24.6 Å². The van der Waals surface area contributed by atoms with E-state index in [1.165, 1.54) is 0 Å². The highest BCUT2D eigenvalue weighted by molar-refractivity contribution is 7.26. The maximum atomic E-state index is 10.1. The quantitative estimate of drug-likeness (QED) is 0.498. The second kappa shape index (κ2) is 4.97. The fraction of sp³-hybridized carbons (Fsp3) is 0.111. The Morgan fingerprint density at radius 2 is 1.96 bits per heavy atom. The van der Waals surface area contributed by atoms with Gasteiger partial charge in [0.05, 0.1) is 11.1 Å². The molecule has 0 radical (unpaired) electrons. The Kier molecular flexibility index (Phi) is 2.84. The highest BCUT2D eigenvalue weighted by Gasteiger charge is 2.17. The lowest BCUT2D eigenvalue weighted by Gasteiger charge is -1.98. The van der Waals surface area contributed by atoms with Crippen molar-refractivity contribution in [1.29, 1.82) is 0 Å². The first kappa shape index (κ1) is 14.3. The van der Waals surface area contributed by atoms with Crippen molar-refractivity contribution in [2.24, 2.45) is 0 Å². The number of para-hydroxylation sites is 1. The van der Waals surface area contributed by atoms with Crippen molar-refractivity contribution in [2.75, 3.05) is 0 Å². The summed E-state index contributed by atoms with van der Waals surface area (Å²) in [6, 6.07) is 9.12. The molecule has 1 N–H and O–H groups in total. The number of aryl methyl sites for hydroxylation is 2. The number of benzene rings is 1. The number of nitrogens with zero attached hydrogens (tertiary/aromatic N) is 5. The van der Waals surface area contributed by atoms with Crippen LogP contribution in [-0.4, -0.2) is 29.7 Å². The summed E-state index contributed by atoms with van der Waals surface area (Å²) in [6.07, 6.45) is 1.67. The second-order valence-corrected chi connectivity index (χ2v) is 7.00. The lowest BCUT2D eigenvalue weighted by Crippen LogP contribution is -1.90. The van der Waals surface area contributed by atoms with Gasteiger partial charge in [0, 0.05) is 11.1 Å². The van der Waals surface area contributed by atoms with Crippen LogP contribution in [0.5, 0.6) is 5.75 Å². The first-order valence-electron chi connectivity index (χ1n) is 7.82. The highest BCUT2D eigenvalue weighted by atomic mass is 32.1. The molecular formula is C18H13N5OS. The lowest BCUT2D eigenvalue weighted by molar-refractivity contribution is 0.477. The number of aromatic hydroxyl groups is 1. The van der Waals surface area contributed by atoms with Gasteiger partial charge in [-0.25, -0.2) is 19.5 Å². The van der Waals surface area contributed by atoms with E-state index in [0.717, 1.165) is 37.3 Å². The zero-order valence-corrected chi connectivity index (χ0v) is 14.4. The van der Waals surface area contributed by atoms with Gasteiger partial charge in [-0.15, -0.1) is 16.4 Å². The standard InChI is InChI=1S/C18H13N5OS/c1-9-7-10(2)20-18-13(9)14-15(25-18)17-21-16(22-23(17)8-19-14)11-5-3-4-6-12(11)24/h3-8,24H,1-2H3. The molecule has 0 aliphatic carbocycles. The number of rotatable bonds is 1. The van der Waals surface area contributed by atoms with Crippen molar-refractivity contribution >= 4 is 37.4 Å². The van der Waals surface area contributed by atoms with Gasteiger partial charge >= 0.3 is 0 Å². The first-order valence-corrected chi connectivity index (χ1v) is 8.63. The van der Waals surface area contributed by atoms with Gasteiger partial charge in [0.15, 0.2) is 11.5 Å². The number of hydrogen-bond donors (Lipinski definition) is 1. The molecule has 0 fully saturated rings. The summed E-state index contributed by atoms with van der Waals surface area (Å²) in [4.78, 5) is 14.8. The largest absolute Gasteiger partial charge is 0.507 e. The van der Waals surface area contributed by atoms with Crippen LogP contribution in [0.3, 0.4) is 0 Å². The molecule has 0 atom stereocenters. The van der Waals surface area contributed by atoms with Crippen molar-refractivity contribution in [3.8, 4) is 17.1 Å². The average Bonchev–Trinajstić information content (AvgIpc) is 3.15. The predicted molar refractivity (Wildman–Crippen MR) is 98.0 cm³/mol. The zero-order valence-electron chi connectivity index (χ0n) is 13.6. The Labute approximate surface area is 146 Å². The van der Waals surface area contributed by atoms with Crippen molar-refractivity contribution in [3.63, 3.8) is 0 Å². The molecule has 122 valence electrons. The minimum Gasteiger partial charge on any atom is -0.507 e. The van der Waals surface area contributed by atoms with E-state index < -0.39 is 0 Å². The summed E-state index contributed by atoms with van der Waals surface area (Å²) in [6.45, 7) is 4.07. The van der Waals surface area contributed by atoms with Crippen LogP contribution >= 0.6 is 11.3 Å². The number of aromatic nitrogens is 5. The van der Waals surface area contributed by atoms with E-state index >= 15 is 0 Å². The minimum atomic E-state index is 0.159. The van der Waals surface area contributed by atoms with Gasteiger partial charge in [-0.1, -0.05) is 12.1 Å². The van der Waals surface area contributed by atoms with Gasteiger partial charge in [0.1, 0.15) is 21.6 Å². The predicted octanol–water partition coefficient (Wildman–Crippen LogP) is 3.88. The lowest BCUT2D eigenvalue weighted by atomic mass is 10.1. The van der Waals surface area contributed by atoms with E-state index in [0.29, 0.717) is 11.4 Å². The molecule has 0 saturated heterocycles. The van der Waals surface area contributed by atoms with Gasteiger partial charge < -0.3 is 5.11 Å². The highest BCUT2D eigenvalue weighted by Crippen LogP contribution is 2.36. The van der Waals surface area contributed by atoms with E-state index in [2.05, 4.69) is 33.0 Å². The Balaban J connectivity index is 1.86. The number of phenols is 1. The summed E-state index contributed by atoms with van der Waals surface area (Å²) >= 11 is 1.57. The third-order valence-electron chi connectivity index (χ3n) is 4.24. The third kappa shape index (κ3) is 2.02. The monoisotopic (exact) mass is 347 g/mol. The van der Waals surface area contributed by atoms with Crippen LogP contribution in [0.1, 0.15) is 11.3 Å². The van der Waals surface area contributed by atoms with Gasteiger partial charge in [0.2, 0.25) is 0 Å². The van der Waals surface area contributed by atoms with Crippen molar-refractivity contribution in [3.05, 3.63) is 47.9 Å². The first-order chi connectivity index (χ1) is 12.1. The van der Waals surface area contributed by atoms with E-state index in [1.807, 2.05) is 13.0 Å². The summed E-state index contributed by atoms with van der Waals surface area (Å²) in [7, 11) is 0. The fourth-order valence-corrected chi connectivity index (χ4v) is 4.37. The summed E-state index contributed by atoms with van der Waals surface area (Å²) in [5.74, 6) is 0.637. The molecule has 6 nitrogen and oxygen atoms in total. The maximum Gasteiger partial charge on any atom is 0.185 e. The summed E-state index contributed by atoms with van der Waals surface area (Å²) in [5, 5.41) is 15.6. The van der Waals surface area contributed by atoms with Crippen LogP contribution < -0.4 is 0 Å². The molecule has 0 unspecified atom stereocenters. The zero-order chi connectivity index (χ0) is 17.1. The van der Waals surface area contributed by atoms with Crippen LogP contribution in [0.15, 0.2) is 36.7 Å². The van der Waals surface area contributed by atoms with Gasteiger partial charge in [0.25, 0.3) is 0 Å². The number of hydrogen-bond acceptors (Lipinski definition) is 6. The van der Waals surface area contributed by atoms with Crippen LogP contribution in [0.25, 0.3) is 37.5 Å². The van der Waals surface area contributed by atoms with E-state index in [-0.39, 0.29) is 5.75 Å². The minimum absolute atomic E-state index is 0.159. The molecule has 4 aromatic heterocycles. The van der Waals surface area contributed by atoms with Crippen molar-refractivity contribution in [2.45, 2.75) is 13.8 Å². The molecular weight excluding hydrogens is 334 g/mol. The average molecular weight is 347 g/mol. The molecule has 25 heavy (non-hydrogen) atoms. The van der Waals surface area contributed by atoms with Gasteiger partial charge in [-0.05, 0) is 37.6 Å². The molecule has 0 aliphatic heterocycles.